The molecule has 0 fully saturated rings. The Kier molecular flexibility index (Phi) is 5.46. The van der Waals surface area contributed by atoms with Crippen LogP contribution in [0, 0.1) is 12.4 Å². The van der Waals surface area contributed by atoms with E-state index in [-0.39, 0.29) is 18.0 Å². The third-order valence-electron chi connectivity index (χ3n) is 5.21. The smallest absolute Gasteiger partial charge is 0.187 e. The molecule has 0 aliphatic carbocycles. The highest BCUT2D eigenvalue weighted by atomic mass is 19.1. The highest BCUT2D eigenvalue weighted by Gasteiger charge is 2.17. The van der Waals surface area contributed by atoms with Crippen molar-refractivity contribution in [3.63, 3.8) is 0 Å². The van der Waals surface area contributed by atoms with Crippen LogP contribution in [0.1, 0.15) is 32.6 Å². The summed E-state index contributed by atoms with van der Waals surface area (Å²) in [5, 5.41) is 0. The van der Waals surface area contributed by atoms with Gasteiger partial charge in [-0.2, -0.15) is 0 Å². The number of ketones is 1. The van der Waals surface area contributed by atoms with Crippen molar-refractivity contribution >= 4 is 11.5 Å². The Morgan fingerprint density at radius 2 is 1.90 bits per heavy atom. The monoisotopic (exact) mass is 385 g/mol. The molecule has 4 rings (SSSR count). The summed E-state index contributed by atoms with van der Waals surface area (Å²) in [5.74, 6) is -0.203. The van der Waals surface area contributed by atoms with Crippen molar-refractivity contribution in [2.45, 2.75) is 25.9 Å². The summed E-state index contributed by atoms with van der Waals surface area (Å²) < 4.78 is 13.5. The molecule has 0 bridgehead atoms. The van der Waals surface area contributed by atoms with E-state index in [1.807, 2.05) is 24.3 Å². The van der Waals surface area contributed by atoms with Crippen molar-refractivity contribution < 1.29 is 9.18 Å². The number of benzene rings is 2. The van der Waals surface area contributed by atoms with Crippen LogP contribution in [0.5, 0.6) is 0 Å². The quantitative estimate of drug-likeness (QED) is 0.470. The maximum Gasteiger partial charge on any atom is 0.187 e. The molecule has 0 unspecified atom stereocenters. The highest BCUT2D eigenvalue weighted by Crippen LogP contribution is 2.22. The van der Waals surface area contributed by atoms with E-state index in [0.29, 0.717) is 24.3 Å². The Bertz CT molecular complexity index is 1090. The Labute approximate surface area is 169 Å². The van der Waals surface area contributed by atoms with Crippen molar-refractivity contribution in [2.75, 3.05) is 6.54 Å². The summed E-state index contributed by atoms with van der Waals surface area (Å²) in [6.07, 6.45) is 4.55. The average Bonchev–Trinajstić information content (AvgIpc) is 2.74. The fourth-order valence-corrected chi connectivity index (χ4v) is 3.68. The van der Waals surface area contributed by atoms with Crippen LogP contribution in [-0.4, -0.2) is 22.2 Å². The number of pyridine rings is 1. The number of carbonyl (C=O) groups excluding carboxylic acids is 1. The number of nitrogens with zero attached hydrogens (tertiary/aromatic N) is 3. The molecule has 29 heavy (non-hydrogen) atoms. The topological polar surface area (TPSA) is 37.6 Å². The van der Waals surface area contributed by atoms with Crippen LogP contribution in [0.2, 0.25) is 0 Å². The summed E-state index contributed by atoms with van der Waals surface area (Å²) in [5.41, 5.74) is 5.22. The van der Waals surface area contributed by atoms with E-state index in [0.717, 1.165) is 29.7 Å². The van der Waals surface area contributed by atoms with Gasteiger partial charge in [-0.3, -0.25) is 14.7 Å². The molecule has 0 spiro atoms. The van der Waals surface area contributed by atoms with Gasteiger partial charge in [0, 0.05) is 44.0 Å². The second-order valence-corrected chi connectivity index (χ2v) is 7.33. The molecule has 0 radical (unpaired) electrons. The molecule has 0 atom stereocenters. The van der Waals surface area contributed by atoms with Gasteiger partial charge >= 0.3 is 0 Å². The van der Waals surface area contributed by atoms with Crippen LogP contribution in [0.4, 0.5) is 10.1 Å². The minimum absolute atomic E-state index is 0.000901. The first-order valence-electron chi connectivity index (χ1n) is 9.54. The van der Waals surface area contributed by atoms with Gasteiger partial charge in [0.15, 0.2) is 11.5 Å². The van der Waals surface area contributed by atoms with E-state index in [2.05, 4.69) is 14.7 Å². The number of fused-ring (bicyclic) bond motifs is 1. The molecule has 0 saturated carbocycles. The van der Waals surface area contributed by atoms with E-state index >= 15 is 0 Å². The summed E-state index contributed by atoms with van der Waals surface area (Å²) in [6, 6.07) is 14.0. The zero-order valence-corrected chi connectivity index (χ0v) is 15.9. The predicted molar refractivity (Wildman–Crippen MR) is 109 cm³/mol. The lowest BCUT2D eigenvalue weighted by atomic mass is 9.99. The lowest BCUT2D eigenvalue weighted by Gasteiger charge is -2.28. The first kappa shape index (κ1) is 19.0. The predicted octanol–water partition coefficient (Wildman–Crippen LogP) is 4.76. The Morgan fingerprint density at radius 1 is 1.07 bits per heavy atom. The van der Waals surface area contributed by atoms with Gasteiger partial charge < -0.3 is 0 Å². The molecule has 1 aliphatic rings. The van der Waals surface area contributed by atoms with Gasteiger partial charge in [-0.25, -0.2) is 9.24 Å². The number of Topliss-reactive ketones (excluding diaryl/α,β-unsaturated/α-hetero) is 1. The second kappa shape index (κ2) is 8.34. The van der Waals surface area contributed by atoms with Crippen LogP contribution in [0.25, 0.3) is 4.85 Å². The maximum absolute atomic E-state index is 13.5. The van der Waals surface area contributed by atoms with E-state index in [1.54, 1.807) is 30.6 Å². The SMILES string of the molecule is [C-]#[N+]c1ccc(CC(=O)c2cncc(CN3CCc4ccc(F)cc4C3)c2)cc1. The van der Waals surface area contributed by atoms with Crippen LogP contribution in [-0.2, 0) is 25.9 Å². The van der Waals surface area contributed by atoms with Gasteiger partial charge in [0.05, 0.1) is 6.57 Å². The zero-order chi connectivity index (χ0) is 20.2. The molecule has 2 aromatic carbocycles. The molecule has 0 amide bonds. The number of aromatic nitrogens is 1. The normalized spacial score (nSPS) is 13.5. The fourth-order valence-electron chi connectivity index (χ4n) is 3.68. The summed E-state index contributed by atoms with van der Waals surface area (Å²) in [7, 11) is 0. The molecule has 0 saturated heterocycles. The van der Waals surface area contributed by atoms with Crippen LogP contribution < -0.4 is 0 Å². The van der Waals surface area contributed by atoms with E-state index in [4.69, 9.17) is 6.57 Å². The van der Waals surface area contributed by atoms with Crippen molar-refractivity contribution in [2.24, 2.45) is 0 Å². The molecule has 3 aromatic rings. The van der Waals surface area contributed by atoms with Gasteiger partial charge in [-0.15, -0.1) is 0 Å². The van der Waals surface area contributed by atoms with Gasteiger partial charge in [0.2, 0.25) is 0 Å². The zero-order valence-electron chi connectivity index (χ0n) is 15.9. The molecule has 4 nitrogen and oxygen atoms in total. The van der Waals surface area contributed by atoms with Crippen molar-refractivity contribution in [1.82, 2.24) is 9.88 Å². The van der Waals surface area contributed by atoms with Crippen molar-refractivity contribution in [3.8, 4) is 0 Å². The second-order valence-electron chi connectivity index (χ2n) is 7.33. The fraction of sp³-hybridized carbons (Fsp3) is 0.208. The van der Waals surface area contributed by atoms with Crippen molar-refractivity contribution in [3.05, 3.63) is 106 Å². The molecule has 1 aliphatic heterocycles. The molecule has 5 heteroatoms. The first-order valence-corrected chi connectivity index (χ1v) is 9.54. The third kappa shape index (κ3) is 4.56. The lowest BCUT2D eigenvalue weighted by molar-refractivity contribution is 0.0992. The molecule has 0 N–H and O–H groups in total. The van der Waals surface area contributed by atoms with E-state index in [9.17, 15) is 9.18 Å². The largest absolute Gasteiger partial charge is 0.294 e. The highest BCUT2D eigenvalue weighted by molar-refractivity contribution is 5.97. The van der Waals surface area contributed by atoms with Gasteiger partial charge in [-0.1, -0.05) is 30.3 Å². The first-order chi connectivity index (χ1) is 14.1. The summed E-state index contributed by atoms with van der Waals surface area (Å²) in [4.78, 5) is 22.5. The molecular formula is C24H20FN3O. The van der Waals surface area contributed by atoms with Crippen LogP contribution in [0.3, 0.4) is 0 Å². The van der Waals surface area contributed by atoms with E-state index < -0.39 is 0 Å². The Hall–Kier alpha value is -3.36. The minimum atomic E-state index is -0.204. The van der Waals surface area contributed by atoms with E-state index in [1.165, 1.54) is 11.6 Å². The Balaban J connectivity index is 1.43. The number of hydrogen-bond donors (Lipinski definition) is 0. The molecular weight excluding hydrogens is 365 g/mol. The summed E-state index contributed by atoms with van der Waals surface area (Å²) >= 11 is 0. The molecule has 1 aromatic heterocycles. The van der Waals surface area contributed by atoms with Gasteiger partial charge in [0.25, 0.3) is 0 Å². The number of hydrogen-bond acceptors (Lipinski definition) is 3. The lowest BCUT2D eigenvalue weighted by Crippen LogP contribution is -2.30. The van der Waals surface area contributed by atoms with Gasteiger partial charge in [0.1, 0.15) is 5.82 Å². The number of halogens is 1. The third-order valence-corrected chi connectivity index (χ3v) is 5.21. The molecule has 2 heterocycles. The van der Waals surface area contributed by atoms with Crippen molar-refractivity contribution in [1.29, 1.82) is 0 Å². The minimum Gasteiger partial charge on any atom is -0.294 e. The van der Waals surface area contributed by atoms with Gasteiger partial charge in [-0.05, 0) is 46.9 Å². The number of rotatable bonds is 5. The maximum atomic E-state index is 13.5. The standard InChI is InChI=1S/C24H20FN3O/c1-26-23-6-2-17(3-7-23)11-24(29)20-10-18(13-27-14-20)15-28-9-8-19-4-5-22(25)12-21(19)16-28/h2-7,10,12-14H,8-9,11,15-16H2. The van der Waals surface area contributed by atoms with Crippen LogP contribution in [0.15, 0.2) is 60.9 Å². The summed E-state index contributed by atoms with van der Waals surface area (Å²) in [6.45, 7) is 9.25. The number of carbonyl (C=O) groups is 1. The molecule has 144 valence electrons. The van der Waals surface area contributed by atoms with Crippen LogP contribution >= 0.6 is 0 Å². The Morgan fingerprint density at radius 3 is 2.69 bits per heavy atom. The average molecular weight is 385 g/mol.